The molecule has 8 nitrogen and oxygen atoms in total. The molecule has 1 amide bonds. The summed E-state index contributed by atoms with van der Waals surface area (Å²) in [5.41, 5.74) is 0.287. The van der Waals surface area contributed by atoms with E-state index in [1.165, 1.54) is 0 Å². The van der Waals surface area contributed by atoms with E-state index in [1.54, 1.807) is 0 Å². The second-order valence-electron chi connectivity index (χ2n) is 11.7. The summed E-state index contributed by atoms with van der Waals surface area (Å²) >= 11 is 0. The van der Waals surface area contributed by atoms with Crippen LogP contribution in [0.2, 0.25) is 0 Å². The number of alkyl carbamates (subject to hydrolysis) is 1. The number of rotatable bonds is 5. The third-order valence-corrected chi connectivity index (χ3v) is 6.91. The summed E-state index contributed by atoms with van der Waals surface area (Å²) in [5, 5.41) is 2.84. The SMILES string of the molecule is CC(C)(C)C1CCC2(CC1)OOC1(CCC(OC(=O)NCCC[N+](C)(C)C)CC1)OO2. The summed E-state index contributed by atoms with van der Waals surface area (Å²) in [6.45, 7) is 8.47. The molecule has 1 heterocycles. The zero-order valence-electron chi connectivity index (χ0n) is 20.3. The lowest BCUT2D eigenvalue weighted by molar-refractivity contribution is -0.870. The fourth-order valence-corrected chi connectivity index (χ4v) is 4.67. The number of amides is 1. The highest BCUT2D eigenvalue weighted by Crippen LogP contribution is 2.48. The van der Waals surface area contributed by atoms with E-state index in [0.717, 1.165) is 43.1 Å². The van der Waals surface area contributed by atoms with Crippen LogP contribution in [0.4, 0.5) is 4.79 Å². The van der Waals surface area contributed by atoms with Gasteiger partial charge in [-0.05, 0) is 37.0 Å². The Morgan fingerprint density at radius 3 is 1.87 bits per heavy atom. The van der Waals surface area contributed by atoms with E-state index in [-0.39, 0.29) is 17.6 Å². The van der Waals surface area contributed by atoms with E-state index in [9.17, 15) is 4.79 Å². The van der Waals surface area contributed by atoms with Crippen molar-refractivity contribution >= 4 is 6.09 Å². The van der Waals surface area contributed by atoms with Crippen molar-refractivity contribution in [3.05, 3.63) is 0 Å². The Hall–Kier alpha value is -0.930. The smallest absolute Gasteiger partial charge is 0.407 e. The van der Waals surface area contributed by atoms with Crippen LogP contribution in [-0.2, 0) is 24.3 Å². The molecular weight excluding hydrogens is 400 g/mol. The average molecular weight is 444 g/mol. The first-order chi connectivity index (χ1) is 14.4. The van der Waals surface area contributed by atoms with Crippen molar-refractivity contribution < 1.29 is 33.6 Å². The topological polar surface area (TPSA) is 75.3 Å². The Labute approximate surface area is 187 Å². The maximum Gasteiger partial charge on any atom is 0.407 e. The van der Waals surface area contributed by atoms with Gasteiger partial charge in [-0.1, -0.05) is 20.8 Å². The molecule has 0 unspecified atom stereocenters. The molecule has 1 saturated heterocycles. The van der Waals surface area contributed by atoms with Crippen LogP contribution in [0.1, 0.15) is 78.6 Å². The molecule has 0 aromatic rings. The molecule has 3 aliphatic rings. The van der Waals surface area contributed by atoms with E-state index in [2.05, 4.69) is 47.2 Å². The zero-order chi connectivity index (χ0) is 22.8. The van der Waals surface area contributed by atoms with Crippen molar-refractivity contribution in [3.63, 3.8) is 0 Å². The van der Waals surface area contributed by atoms with Gasteiger partial charge in [0, 0.05) is 38.6 Å². The summed E-state index contributed by atoms with van der Waals surface area (Å²) in [6, 6.07) is 0. The summed E-state index contributed by atoms with van der Waals surface area (Å²) in [4.78, 5) is 35.2. The Balaban J connectivity index is 1.35. The zero-order valence-corrected chi connectivity index (χ0v) is 20.3. The maximum atomic E-state index is 12.1. The second-order valence-corrected chi connectivity index (χ2v) is 11.7. The molecule has 3 rings (SSSR count). The Morgan fingerprint density at radius 2 is 1.42 bits per heavy atom. The molecule has 2 aliphatic carbocycles. The molecule has 0 bridgehead atoms. The average Bonchev–Trinajstić information content (AvgIpc) is 2.69. The number of ether oxygens (including phenoxy) is 1. The number of hydrogen-bond donors (Lipinski definition) is 1. The molecule has 0 aromatic carbocycles. The monoisotopic (exact) mass is 443 g/mol. The van der Waals surface area contributed by atoms with Gasteiger partial charge in [-0.15, -0.1) is 0 Å². The minimum absolute atomic E-state index is 0.144. The molecule has 2 spiro atoms. The van der Waals surface area contributed by atoms with Crippen LogP contribution in [0.5, 0.6) is 0 Å². The Kier molecular flexibility index (Phi) is 7.58. The van der Waals surface area contributed by atoms with Gasteiger partial charge in [0.05, 0.1) is 27.7 Å². The first-order valence-electron chi connectivity index (χ1n) is 11.9. The van der Waals surface area contributed by atoms with Crippen LogP contribution in [0, 0.1) is 11.3 Å². The molecule has 2 saturated carbocycles. The van der Waals surface area contributed by atoms with Crippen molar-refractivity contribution in [2.75, 3.05) is 34.2 Å². The fraction of sp³-hybridized carbons (Fsp3) is 0.957. The van der Waals surface area contributed by atoms with Gasteiger partial charge < -0.3 is 14.5 Å². The van der Waals surface area contributed by atoms with Gasteiger partial charge >= 0.3 is 6.09 Å². The van der Waals surface area contributed by atoms with E-state index >= 15 is 0 Å². The molecule has 0 aromatic heterocycles. The predicted octanol–water partition coefficient (Wildman–Crippen LogP) is 4.29. The number of hydrogen-bond acceptors (Lipinski definition) is 6. The first kappa shape index (κ1) is 24.7. The third-order valence-electron chi connectivity index (χ3n) is 6.91. The lowest BCUT2D eigenvalue weighted by atomic mass is 9.71. The Morgan fingerprint density at radius 1 is 0.935 bits per heavy atom. The van der Waals surface area contributed by atoms with Gasteiger partial charge in [0.25, 0.3) is 0 Å². The maximum absolute atomic E-state index is 12.1. The quantitative estimate of drug-likeness (QED) is 0.388. The van der Waals surface area contributed by atoms with Gasteiger partial charge in [-0.3, -0.25) is 0 Å². The van der Waals surface area contributed by atoms with Crippen LogP contribution in [0.3, 0.4) is 0 Å². The van der Waals surface area contributed by atoms with Crippen molar-refractivity contribution in [1.82, 2.24) is 5.32 Å². The van der Waals surface area contributed by atoms with Crippen LogP contribution >= 0.6 is 0 Å². The van der Waals surface area contributed by atoms with E-state index < -0.39 is 11.6 Å². The lowest BCUT2D eigenvalue weighted by Gasteiger charge is -2.48. The highest BCUT2D eigenvalue weighted by molar-refractivity contribution is 5.67. The van der Waals surface area contributed by atoms with Crippen molar-refractivity contribution in [3.8, 4) is 0 Å². The molecule has 8 heteroatoms. The molecule has 0 radical (unpaired) electrons. The summed E-state index contributed by atoms with van der Waals surface area (Å²) < 4.78 is 6.44. The summed E-state index contributed by atoms with van der Waals surface area (Å²) in [7, 11) is 6.41. The van der Waals surface area contributed by atoms with Crippen LogP contribution < -0.4 is 5.32 Å². The fourth-order valence-electron chi connectivity index (χ4n) is 4.67. The largest absolute Gasteiger partial charge is 0.446 e. The minimum Gasteiger partial charge on any atom is -0.446 e. The van der Waals surface area contributed by atoms with E-state index in [0.29, 0.717) is 38.1 Å². The predicted molar refractivity (Wildman–Crippen MR) is 115 cm³/mol. The van der Waals surface area contributed by atoms with Gasteiger partial charge in [0.2, 0.25) is 11.6 Å². The minimum atomic E-state index is -0.896. The molecular formula is C23H43N2O6+. The van der Waals surface area contributed by atoms with Gasteiger partial charge in [-0.2, -0.15) is 19.6 Å². The lowest BCUT2D eigenvalue weighted by Crippen LogP contribution is -2.54. The number of carbonyl (C=O) groups excluding carboxylic acids is 1. The standard InChI is InChI=1S/C23H42N2O6/c1-21(2,3)18-8-12-22(13-9-18)28-30-23(31-29-22)14-10-19(11-15-23)27-20(26)24-16-7-17-25(4,5)6/h18-19H,7-17H2,1-6H3/p+1. The number of quaternary nitrogens is 1. The second kappa shape index (κ2) is 9.51. The molecule has 0 atom stereocenters. The van der Waals surface area contributed by atoms with Crippen molar-refractivity contribution in [1.29, 1.82) is 0 Å². The number of carbonyl (C=O) groups is 1. The van der Waals surface area contributed by atoms with Crippen LogP contribution in [-0.4, -0.2) is 62.5 Å². The molecule has 3 fully saturated rings. The van der Waals surface area contributed by atoms with Crippen molar-refractivity contribution in [2.24, 2.45) is 11.3 Å². The molecule has 31 heavy (non-hydrogen) atoms. The molecule has 1 aliphatic heterocycles. The Bertz CT molecular complexity index is 584. The van der Waals surface area contributed by atoms with Crippen LogP contribution in [0.15, 0.2) is 0 Å². The highest BCUT2D eigenvalue weighted by Gasteiger charge is 2.52. The van der Waals surface area contributed by atoms with Crippen LogP contribution in [0.25, 0.3) is 0 Å². The normalized spacial score (nSPS) is 34.6. The third kappa shape index (κ3) is 7.02. The molecule has 1 N–H and O–H groups in total. The van der Waals surface area contributed by atoms with E-state index in [1.807, 2.05) is 0 Å². The number of nitrogens with one attached hydrogen (secondary N) is 1. The van der Waals surface area contributed by atoms with Gasteiger partial charge in [0.1, 0.15) is 6.10 Å². The summed E-state index contributed by atoms with van der Waals surface area (Å²) in [6.07, 6.45) is 6.45. The van der Waals surface area contributed by atoms with Gasteiger partial charge in [0.15, 0.2) is 0 Å². The van der Waals surface area contributed by atoms with Crippen molar-refractivity contribution in [2.45, 2.75) is 96.2 Å². The van der Waals surface area contributed by atoms with E-state index in [4.69, 9.17) is 24.3 Å². The first-order valence-corrected chi connectivity index (χ1v) is 11.9. The molecule has 180 valence electrons. The van der Waals surface area contributed by atoms with Gasteiger partial charge in [-0.25, -0.2) is 4.79 Å². The number of nitrogens with zero attached hydrogens (tertiary/aromatic N) is 1. The highest BCUT2D eigenvalue weighted by atomic mass is 17.4. The summed E-state index contributed by atoms with van der Waals surface area (Å²) in [5.74, 6) is -1.04.